The van der Waals surface area contributed by atoms with Crippen LogP contribution in [-0.4, -0.2) is 27.2 Å². The minimum Gasteiger partial charge on any atom is -0.354 e. The van der Waals surface area contributed by atoms with Crippen LogP contribution in [0.25, 0.3) is 11.4 Å². The highest BCUT2D eigenvalue weighted by Gasteiger charge is 2.14. The van der Waals surface area contributed by atoms with Crippen LogP contribution in [0.4, 0.5) is 0 Å². The molecule has 0 saturated carbocycles. The summed E-state index contributed by atoms with van der Waals surface area (Å²) < 4.78 is 2.18. The number of carbonyl (C=O) groups is 1. The predicted octanol–water partition coefficient (Wildman–Crippen LogP) is 4.23. The smallest absolute Gasteiger partial charge is 0.240 e. The fourth-order valence-electron chi connectivity index (χ4n) is 3.13. The van der Waals surface area contributed by atoms with Gasteiger partial charge in [-0.25, -0.2) is 0 Å². The second-order valence-electron chi connectivity index (χ2n) is 6.63. The van der Waals surface area contributed by atoms with Gasteiger partial charge in [0.25, 0.3) is 0 Å². The van der Waals surface area contributed by atoms with Gasteiger partial charge in [-0.3, -0.25) is 14.5 Å². The first kappa shape index (κ1) is 19.0. The number of hydrogen-bond acceptors (Lipinski definition) is 3. The lowest BCUT2D eigenvalue weighted by Gasteiger charge is -2.16. The monoisotopic (exact) mass is 380 g/mol. The number of rotatable bonds is 7. The van der Waals surface area contributed by atoms with E-state index in [1.165, 1.54) is 5.56 Å². The second kappa shape index (κ2) is 8.77. The summed E-state index contributed by atoms with van der Waals surface area (Å²) in [4.78, 5) is 12.5. The first-order chi connectivity index (χ1) is 13.1. The Morgan fingerprint density at radius 1 is 1.22 bits per heavy atom. The molecular formula is C21H24N4OS. The zero-order valence-electron chi connectivity index (χ0n) is 15.6. The predicted molar refractivity (Wildman–Crippen MR) is 110 cm³/mol. The van der Waals surface area contributed by atoms with Crippen molar-refractivity contribution in [2.45, 2.75) is 32.7 Å². The fourth-order valence-corrected chi connectivity index (χ4v) is 3.33. The van der Waals surface area contributed by atoms with E-state index in [2.05, 4.69) is 34.6 Å². The maximum Gasteiger partial charge on any atom is 0.240 e. The van der Waals surface area contributed by atoms with E-state index in [1.54, 1.807) is 4.57 Å². The Hall–Kier alpha value is -2.73. The first-order valence-corrected chi connectivity index (χ1v) is 9.53. The molecule has 0 aliphatic carbocycles. The van der Waals surface area contributed by atoms with Crippen molar-refractivity contribution in [2.75, 3.05) is 6.54 Å². The molecule has 1 atom stereocenters. The van der Waals surface area contributed by atoms with Crippen molar-refractivity contribution in [3.63, 3.8) is 0 Å². The number of amides is 1. The van der Waals surface area contributed by atoms with Crippen molar-refractivity contribution in [3.8, 4) is 11.4 Å². The highest BCUT2D eigenvalue weighted by molar-refractivity contribution is 7.71. The third kappa shape index (κ3) is 4.71. The summed E-state index contributed by atoms with van der Waals surface area (Å²) in [6.07, 6.45) is 0.962. The molecule has 0 unspecified atom stereocenters. The molecule has 3 rings (SSSR count). The Balaban J connectivity index is 1.70. The van der Waals surface area contributed by atoms with Crippen LogP contribution in [0.1, 0.15) is 30.4 Å². The van der Waals surface area contributed by atoms with Gasteiger partial charge >= 0.3 is 0 Å². The van der Waals surface area contributed by atoms with Gasteiger partial charge in [0.2, 0.25) is 5.91 Å². The highest BCUT2D eigenvalue weighted by atomic mass is 32.1. The Bertz CT molecular complexity index is 962. The minimum absolute atomic E-state index is 0.0733. The molecule has 6 heteroatoms. The normalized spacial score (nSPS) is 11.9. The summed E-state index contributed by atoms with van der Waals surface area (Å²) in [5.74, 6) is 0.897. The number of hydrogen-bond donors (Lipinski definition) is 2. The molecule has 0 bridgehead atoms. The standard InChI is InChI=1S/C21H24N4OS/c1-3-16(17-9-5-4-6-10-17)13-22-19(26)14-25-20(23-24-21(25)27)18-11-7-8-15(2)12-18/h4-12,16H,3,13-14H2,1-2H3,(H,22,26)(H,24,27)/t16-/m1/s1. The van der Waals surface area contributed by atoms with Crippen LogP contribution in [0, 0.1) is 11.7 Å². The second-order valence-corrected chi connectivity index (χ2v) is 7.01. The number of aromatic nitrogens is 3. The molecular weight excluding hydrogens is 356 g/mol. The van der Waals surface area contributed by atoms with E-state index in [1.807, 2.05) is 49.4 Å². The Labute approximate surface area is 164 Å². The Kier molecular flexibility index (Phi) is 6.19. The van der Waals surface area contributed by atoms with E-state index in [0.29, 0.717) is 23.1 Å². The van der Waals surface area contributed by atoms with Crippen LogP contribution < -0.4 is 5.32 Å². The lowest BCUT2D eigenvalue weighted by atomic mass is 9.96. The van der Waals surface area contributed by atoms with Gasteiger partial charge in [-0.2, -0.15) is 5.10 Å². The molecule has 0 saturated heterocycles. The molecule has 2 aromatic carbocycles. The summed E-state index contributed by atoms with van der Waals surface area (Å²) >= 11 is 5.32. The van der Waals surface area contributed by atoms with E-state index in [9.17, 15) is 4.79 Å². The SMILES string of the molecule is CC[C@H](CNC(=O)Cn1c(-c2cccc(C)c2)n[nH]c1=S)c1ccccc1. The highest BCUT2D eigenvalue weighted by Crippen LogP contribution is 2.19. The van der Waals surface area contributed by atoms with E-state index >= 15 is 0 Å². The quantitative estimate of drug-likeness (QED) is 0.603. The van der Waals surface area contributed by atoms with Gasteiger partial charge in [-0.15, -0.1) is 0 Å². The molecule has 1 aromatic heterocycles. The van der Waals surface area contributed by atoms with Crippen molar-refractivity contribution in [2.24, 2.45) is 0 Å². The summed E-state index contributed by atoms with van der Waals surface area (Å²) in [7, 11) is 0. The molecule has 0 fully saturated rings. The van der Waals surface area contributed by atoms with E-state index < -0.39 is 0 Å². The van der Waals surface area contributed by atoms with Crippen LogP contribution in [0.5, 0.6) is 0 Å². The maximum atomic E-state index is 12.5. The van der Waals surface area contributed by atoms with E-state index in [-0.39, 0.29) is 12.5 Å². The molecule has 3 aromatic rings. The van der Waals surface area contributed by atoms with Crippen LogP contribution in [0.2, 0.25) is 0 Å². The largest absolute Gasteiger partial charge is 0.354 e. The van der Waals surface area contributed by atoms with Crippen LogP contribution in [0.15, 0.2) is 54.6 Å². The summed E-state index contributed by atoms with van der Waals surface area (Å²) in [6, 6.07) is 18.2. The minimum atomic E-state index is -0.0733. The zero-order chi connectivity index (χ0) is 19.2. The maximum absolute atomic E-state index is 12.5. The summed E-state index contributed by atoms with van der Waals surface area (Å²) in [5.41, 5.74) is 3.30. The summed E-state index contributed by atoms with van der Waals surface area (Å²) in [6.45, 7) is 4.90. The average molecular weight is 381 g/mol. The zero-order valence-corrected chi connectivity index (χ0v) is 16.4. The molecule has 5 nitrogen and oxygen atoms in total. The lowest BCUT2D eigenvalue weighted by molar-refractivity contribution is -0.121. The van der Waals surface area contributed by atoms with Gasteiger partial charge < -0.3 is 5.32 Å². The molecule has 0 radical (unpaired) electrons. The van der Waals surface area contributed by atoms with E-state index in [4.69, 9.17) is 12.2 Å². The van der Waals surface area contributed by atoms with Gasteiger partial charge in [0.15, 0.2) is 10.6 Å². The number of nitrogens with zero attached hydrogens (tertiary/aromatic N) is 2. The third-order valence-corrected chi connectivity index (χ3v) is 4.96. The van der Waals surface area contributed by atoms with Gasteiger partial charge in [-0.1, -0.05) is 61.0 Å². The fraction of sp³-hybridized carbons (Fsp3) is 0.286. The van der Waals surface area contributed by atoms with Crippen molar-refractivity contribution in [3.05, 3.63) is 70.5 Å². The molecule has 1 heterocycles. The van der Waals surface area contributed by atoms with Gasteiger partial charge in [0.1, 0.15) is 6.54 Å². The van der Waals surface area contributed by atoms with Crippen LogP contribution in [-0.2, 0) is 11.3 Å². The van der Waals surface area contributed by atoms with Crippen LogP contribution in [0.3, 0.4) is 0 Å². The van der Waals surface area contributed by atoms with Gasteiger partial charge in [-0.05, 0) is 37.2 Å². The van der Waals surface area contributed by atoms with Crippen molar-refractivity contribution >= 4 is 18.1 Å². The molecule has 0 aliphatic heterocycles. The molecule has 0 spiro atoms. The van der Waals surface area contributed by atoms with Crippen LogP contribution >= 0.6 is 12.2 Å². The number of H-pyrrole nitrogens is 1. The Morgan fingerprint density at radius 2 is 2.00 bits per heavy atom. The van der Waals surface area contributed by atoms with Gasteiger partial charge in [0.05, 0.1) is 0 Å². The summed E-state index contributed by atoms with van der Waals surface area (Å²) in [5, 5.41) is 10.1. The first-order valence-electron chi connectivity index (χ1n) is 9.12. The number of carbonyl (C=O) groups excluding carboxylic acids is 1. The Morgan fingerprint density at radius 3 is 2.70 bits per heavy atom. The topological polar surface area (TPSA) is 62.7 Å². The number of benzene rings is 2. The number of aromatic amines is 1. The number of aryl methyl sites for hydroxylation is 1. The number of nitrogens with one attached hydrogen (secondary N) is 2. The molecule has 140 valence electrons. The molecule has 2 N–H and O–H groups in total. The third-order valence-electron chi connectivity index (χ3n) is 4.65. The van der Waals surface area contributed by atoms with E-state index in [0.717, 1.165) is 17.5 Å². The van der Waals surface area contributed by atoms with Gasteiger partial charge in [0, 0.05) is 18.0 Å². The van der Waals surface area contributed by atoms with Crippen molar-refractivity contribution in [1.82, 2.24) is 20.1 Å². The molecule has 27 heavy (non-hydrogen) atoms. The lowest BCUT2D eigenvalue weighted by Crippen LogP contribution is -2.31. The molecule has 1 amide bonds. The van der Waals surface area contributed by atoms with Crippen molar-refractivity contribution < 1.29 is 4.79 Å². The average Bonchev–Trinajstić information content (AvgIpc) is 3.03. The molecule has 0 aliphatic rings. The van der Waals surface area contributed by atoms with Crippen molar-refractivity contribution in [1.29, 1.82) is 0 Å².